The molecule has 2 fully saturated rings. The monoisotopic (exact) mass is 263 g/mol. The van der Waals surface area contributed by atoms with Gasteiger partial charge in [0.2, 0.25) is 0 Å². The van der Waals surface area contributed by atoms with Gasteiger partial charge in [0, 0.05) is 24.5 Å². The smallest absolute Gasteiger partial charge is 0.257 e. The second-order valence-corrected chi connectivity index (χ2v) is 5.70. The average Bonchev–Trinajstić information content (AvgIpc) is 2.92. The number of piperidine rings is 1. The summed E-state index contributed by atoms with van der Waals surface area (Å²) in [5.74, 6) is 0.661. The molecule has 0 radical (unpaired) electrons. The lowest BCUT2D eigenvalue weighted by Crippen LogP contribution is -2.48. The highest BCUT2D eigenvalue weighted by molar-refractivity contribution is 5.96. The summed E-state index contributed by atoms with van der Waals surface area (Å²) >= 11 is 0. The topological polar surface area (TPSA) is 67.2 Å². The van der Waals surface area contributed by atoms with E-state index in [0.29, 0.717) is 35.5 Å². The highest BCUT2D eigenvalue weighted by Gasteiger charge is 2.34. The highest BCUT2D eigenvalue weighted by atomic mass is 16.5. The molecule has 0 aromatic carbocycles. The molecule has 2 saturated heterocycles. The summed E-state index contributed by atoms with van der Waals surface area (Å²) in [7, 11) is 0. The van der Waals surface area contributed by atoms with Crippen molar-refractivity contribution in [3.05, 3.63) is 17.0 Å². The second-order valence-electron chi connectivity index (χ2n) is 5.70. The second kappa shape index (κ2) is 4.96. The van der Waals surface area contributed by atoms with Crippen LogP contribution in [0.4, 0.5) is 0 Å². The van der Waals surface area contributed by atoms with Crippen molar-refractivity contribution in [2.75, 3.05) is 0 Å². The van der Waals surface area contributed by atoms with Gasteiger partial charge in [-0.2, -0.15) is 0 Å². The quantitative estimate of drug-likeness (QED) is 0.868. The summed E-state index contributed by atoms with van der Waals surface area (Å²) in [6, 6.07) is 1.45. The van der Waals surface area contributed by atoms with E-state index in [1.54, 1.807) is 0 Å². The number of hydrogen-bond donors (Lipinski definition) is 2. The molecule has 1 aromatic rings. The number of nitrogens with one attached hydrogen (secondary N) is 2. The van der Waals surface area contributed by atoms with Crippen LogP contribution in [0.3, 0.4) is 0 Å². The number of aromatic nitrogens is 1. The molecule has 1 aromatic heterocycles. The number of carbonyl (C=O) groups is 1. The molecule has 0 aliphatic carbocycles. The fourth-order valence-corrected chi connectivity index (χ4v) is 3.38. The Morgan fingerprint density at radius 1 is 1.42 bits per heavy atom. The van der Waals surface area contributed by atoms with E-state index >= 15 is 0 Å². The minimum atomic E-state index is -0.0260. The molecule has 2 atom stereocenters. The van der Waals surface area contributed by atoms with E-state index in [9.17, 15) is 4.79 Å². The Morgan fingerprint density at radius 2 is 2.11 bits per heavy atom. The van der Waals surface area contributed by atoms with E-state index in [1.165, 1.54) is 12.8 Å². The predicted octanol–water partition coefficient (Wildman–Crippen LogP) is 1.56. The van der Waals surface area contributed by atoms with Crippen LogP contribution in [0, 0.1) is 6.92 Å². The van der Waals surface area contributed by atoms with Gasteiger partial charge in [0.25, 0.3) is 5.91 Å². The van der Waals surface area contributed by atoms with Crippen molar-refractivity contribution in [2.45, 2.75) is 64.1 Å². The van der Waals surface area contributed by atoms with Crippen LogP contribution in [0.1, 0.15) is 54.4 Å². The van der Waals surface area contributed by atoms with Crippen LogP contribution in [-0.4, -0.2) is 29.2 Å². The van der Waals surface area contributed by atoms with Crippen LogP contribution in [0.15, 0.2) is 4.52 Å². The number of amides is 1. The molecule has 5 nitrogen and oxygen atoms in total. The Morgan fingerprint density at radius 3 is 2.74 bits per heavy atom. The van der Waals surface area contributed by atoms with Crippen molar-refractivity contribution in [1.82, 2.24) is 15.8 Å². The Labute approximate surface area is 113 Å². The normalized spacial score (nSPS) is 29.5. The summed E-state index contributed by atoms with van der Waals surface area (Å²) in [5.41, 5.74) is 1.32. The first-order chi connectivity index (χ1) is 9.17. The first-order valence-corrected chi connectivity index (χ1v) is 7.19. The van der Waals surface area contributed by atoms with Crippen molar-refractivity contribution >= 4 is 5.91 Å². The van der Waals surface area contributed by atoms with Gasteiger partial charge in [0.05, 0.1) is 5.69 Å². The van der Waals surface area contributed by atoms with Crippen molar-refractivity contribution in [3.8, 4) is 0 Å². The van der Waals surface area contributed by atoms with Gasteiger partial charge in [0.1, 0.15) is 11.3 Å². The van der Waals surface area contributed by atoms with Gasteiger partial charge in [-0.3, -0.25) is 4.79 Å². The van der Waals surface area contributed by atoms with Crippen LogP contribution in [-0.2, 0) is 6.42 Å². The third-order valence-corrected chi connectivity index (χ3v) is 4.29. The van der Waals surface area contributed by atoms with Gasteiger partial charge in [-0.05, 0) is 32.6 Å². The lowest BCUT2D eigenvalue weighted by Gasteiger charge is -2.29. The summed E-state index contributed by atoms with van der Waals surface area (Å²) in [6.07, 6.45) is 5.25. The maximum absolute atomic E-state index is 12.4. The summed E-state index contributed by atoms with van der Waals surface area (Å²) in [4.78, 5) is 12.4. The van der Waals surface area contributed by atoms with Gasteiger partial charge in [-0.15, -0.1) is 0 Å². The molecule has 1 amide bonds. The zero-order chi connectivity index (χ0) is 13.4. The molecule has 0 spiro atoms. The molecule has 0 saturated carbocycles. The lowest BCUT2D eigenvalue weighted by atomic mass is 9.99. The molecule has 5 heteroatoms. The largest absolute Gasteiger partial charge is 0.360 e. The summed E-state index contributed by atoms with van der Waals surface area (Å²) < 4.78 is 5.19. The number of nitrogens with zero attached hydrogens (tertiary/aromatic N) is 1. The third kappa shape index (κ3) is 2.39. The van der Waals surface area contributed by atoms with E-state index in [0.717, 1.165) is 12.8 Å². The Bertz CT molecular complexity index is 471. The van der Waals surface area contributed by atoms with Crippen molar-refractivity contribution < 1.29 is 9.32 Å². The SMILES string of the molecule is CCc1onc(C)c1C(=O)NC1CC2CCC(C1)N2. The Hall–Kier alpha value is -1.36. The first kappa shape index (κ1) is 12.7. The van der Waals surface area contributed by atoms with Crippen molar-refractivity contribution in [2.24, 2.45) is 0 Å². The molecular weight excluding hydrogens is 242 g/mol. The Kier molecular flexibility index (Phi) is 3.31. The van der Waals surface area contributed by atoms with Crippen LogP contribution >= 0.6 is 0 Å². The van der Waals surface area contributed by atoms with Crippen LogP contribution in [0.2, 0.25) is 0 Å². The zero-order valence-corrected chi connectivity index (χ0v) is 11.5. The van der Waals surface area contributed by atoms with Gasteiger partial charge in [0.15, 0.2) is 0 Å². The van der Waals surface area contributed by atoms with Crippen molar-refractivity contribution in [1.29, 1.82) is 0 Å². The fraction of sp³-hybridized carbons (Fsp3) is 0.714. The third-order valence-electron chi connectivity index (χ3n) is 4.29. The molecular formula is C14H21N3O2. The molecule has 2 bridgehead atoms. The van der Waals surface area contributed by atoms with Crippen LogP contribution < -0.4 is 10.6 Å². The molecule has 2 unspecified atom stereocenters. The predicted molar refractivity (Wildman–Crippen MR) is 71.1 cm³/mol. The molecule has 3 rings (SSSR count). The maximum Gasteiger partial charge on any atom is 0.257 e. The standard InChI is InChI=1S/C14H21N3O2/c1-3-12-13(8(2)17-19-12)14(18)16-11-6-9-4-5-10(7-11)15-9/h9-11,15H,3-7H2,1-2H3,(H,16,18). The van der Waals surface area contributed by atoms with E-state index in [-0.39, 0.29) is 11.9 Å². The minimum Gasteiger partial charge on any atom is -0.360 e. The first-order valence-electron chi connectivity index (χ1n) is 7.19. The van der Waals surface area contributed by atoms with E-state index in [2.05, 4.69) is 15.8 Å². The molecule has 2 aliphatic rings. The average molecular weight is 263 g/mol. The highest BCUT2D eigenvalue weighted by Crippen LogP contribution is 2.27. The van der Waals surface area contributed by atoms with Gasteiger partial charge < -0.3 is 15.2 Å². The molecule has 3 heterocycles. The van der Waals surface area contributed by atoms with Gasteiger partial charge >= 0.3 is 0 Å². The van der Waals surface area contributed by atoms with Gasteiger partial charge in [-0.25, -0.2) is 0 Å². The fourth-order valence-electron chi connectivity index (χ4n) is 3.38. The maximum atomic E-state index is 12.4. The number of fused-ring (bicyclic) bond motifs is 2. The van der Waals surface area contributed by atoms with Crippen molar-refractivity contribution in [3.63, 3.8) is 0 Å². The van der Waals surface area contributed by atoms with Crippen LogP contribution in [0.25, 0.3) is 0 Å². The number of aryl methyl sites for hydroxylation is 2. The van der Waals surface area contributed by atoms with Gasteiger partial charge in [-0.1, -0.05) is 12.1 Å². The molecule has 19 heavy (non-hydrogen) atoms. The van der Waals surface area contributed by atoms with E-state index in [4.69, 9.17) is 4.52 Å². The van der Waals surface area contributed by atoms with E-state index < -0.39 is 0 Å². The van der Waals surface area contributed by atoms with Crippen LogP contribution in [0.5, 0.6) is 0 Å². The number of hydrogen-bond acceptors (Lipinski definition) is 4. The summed E-state index contributed by atoms with van der Waals surface area (Å²) in [6.45, 7) is 3.80. The molecule has 2 N–H and O–H groups in total. The molecule has 2 aliphatic heterocycles. The minimum absolute atomic E-state index is 0.0260. The lowest BCUT2D eigenvalue weighted by molar-refractivity contribution is 0.0921. The Balaban J connectivity index is 1.69. The number of carbonyl (C=O) groups excluding carboxylic acids is 1. The zero-order valence-electron chi connectivity index (χ0n) is 11.5. The molecule has 104 valence electrons. The summed E-state index contributed by atoms with van der Waals surface area (Å²) in [5, 5.41) is 10.6. The van der Waals surface area contributed by atoms with E-state index in [1.807, 2.05) is 13.8 Å². The number of rotatable bonds is 3.